The zero-order chi connectivity index (χ0) is 24.4. The van der Waals surface area contributed by atoms with E-state index in [-0.39, 0.29) is 5.91 Å². The van der Waals surface area contributed by atoms with E-state index in [2.05, 4.69) is 27.9 Å². The number of rotatable bonds is 5. The van der Waals surface area contributed by atoms with E-state index in [9.17, 15) is 4.79 Å². The van der Waals surface area contributed by atoms with Crippen molar-refractivity contribution in [2.75, 3.05) is 10.6 Å². The van der Waals surface area contributed by atoms with E-state index >= 15 is 0 Å². The largest absolute Gasteiger partial charge is 0.423 e. The number of hydrogen-bond donors (Lipinski definition) is 3. The molecule has 1 aliphatic heterocycles. The molecule has 0 saturated carbocycles. The number of allylic oxidation sites excluding steroid dienone is 1. The first-order chi connectivity index (χ1) is 17.0. The second kappa shape index (κ2) is 9.64. The molecule has 5 rings (SSSR count). The van der Waals surface area contributed by atoms with Crippen LogP contribution in [0.3, 0.4) is 0 Å². The van der Waals surface area contributed by atoms with Crippen molar-refractivity contribution in [2.24, 2.45) is 4.99 Å². The van der Waals surface area contributed by atoms with Crippen LogP contribution in [0.1, 0.15) is 31.0 Å². The number of aryl methyl sites for hydroxylation is 1. The first-order valence-electron chi connectivity index (χ1n) is 11.4. The first kappa shape index (κ1) is 22.7. The highest BCUT2D eigenvalue weighted by atomic mass is 35.5. The number of aliphatic imine (C=N–C) groups is 1. The zero-order valence-corrected chi connectivity index (χ0v) is 20.1. The Morgan fingerprint density at radius 1 is 1.06 bits per heavy atom. The maximum absolute atomic E-state index is 13.6. The van der Waals surface area contributed by atoms with Crippen molar-refractivity contribution in [1.82, 2.24) is 10.3 Å². The Morgan fingerprint density at radius 2 is 1.80 bits per heavy atom. The van der Waals surface area contributed by atoms with E-state index in [0.29, 0.717) is 33.9 Å². The molecule has 35 heavy (non-hydrogen) atoms. The number of para-hydroxylation sites is 3. The molecule has 0 saturated heterocycles. The number of halogens is 1. The molecular weight excluding hydrogens is 462 g/mol. The predicted octanol–water partition coefficient (Wildman–Crippen LogP) is 6.07. The van der Waals surface area contributed by atoms with E-state index in [4.69, 9.17) is 21.0 Å². The smallest absolute Gasteiger partial charge is 0.302 e. The van der Waals surface area contributed by atoms with Crippen LogP contribution in [0.2, 0.25) is 5.02 Å². The molecule has 3 aromatic carbocycles. The van der Waals surface area contributed by atoms with Crippen LogP contribution in [-0.2, 0) is 11.2 Å². The van der Waals surface area contributed by atoms with Crippen molar-refractivity contribution >= 4 is 46.3 Å². The van der Waals surface area contributed by atoms with Gasteiger partial charge in [0.1, 0.15) is 11.6 Å². The molecule has 1 amide bonds. The van der Waals surface area contributed by atoms with Crippen LogP contribution in [0.5, 0.6) is 0 Å². The fraction of sp³-hybridized carbons (Fsp3) is 0.148. The van der Waals surface area contributed by atoms with Crippen LogP contribution in [0.4, 0.5) is 11.7 Å². The number of amides is 1. The zero-order valence-electron chi connectivity index (χ0n) is 19.3. The van der Waals surface area contributed by atoms with Gasteiger partial charge in [0, 0.05) is 22.0 Å². The lowest BCUT2D eigenvalue weighted by Gasteiger charge is -2.27. The number of carbonyl (C=O) groups is 1. The summed E-state index contributed by atoms with van der Waals surface area (Å²) in [5.41, 5.74) is 5.08. The summed E-state index contributed by atoms with van der Waals surface area (Å²) in [4.78, 5) is 22.8. The highest BCUT2D eigenvalue weighted by Gasteiger charge is 2.31. The molecule has 1 aromatic heterocycles. The standard InChI is InChI=1S/C27H24ClN5O2/c1-3-17-10-4-7-13-20(17)30-25(34)23-16(2)29-26(32-24(23)18-11-5-6-12-19(18)28)33-27-31-21-14-8-9-15-22(21)35-27/h4-15,24H,3H2,1-2H3,(H,30,34)(H2,29,31,32,33). The van der Waals surface area contributed by atoms with Gasteiger partial charge in [0.15, 0.2) is 5.58 Å². The monoisotopic (exact) mass is 485 g/mol. The molecular formula is C27H24ClN5O2. The molecule has 0 bridgehead atoms. The second-order valence-electron chi connectivity index (χ2n) is 8.14. The minimum Gasteiger partial charge on any atom is -0.423 e. The number of nitrogens with zero attached hydrogens (tertiary/aromatic N) is 2. The van der Waals surface area contributed by atoms with Crippen molar-refractivity contribution < 1.29 is 9.21 Å². The van der Waals surface area contributed by atoms with Gasteiger partial charge in [0.2, 0.25) is 5.96 Å². The molecule has 3 N–H and O–H groups in total. The van der Waals surface area contributed by atoms with E-state index in [0.717, 1.165) is 28.8 Å². The summed E-state index contributed by atoms with van der Waals surface area (Å²) >= 11 is 6.55. The molecule has 1 atom stereocenters. The number of aromatic nitrogens is 1. The van der Waals surface area contributed by atoms with Crippen LogP contribution in [0.25, 0.3) is 11.1 Å². The number of fused-ring (bicyclic) bond motifs is 1. The molecule has 0 fully saturated rings. The fourth-order valence-corrected chi connectivity index (χ4v) is 4.36. The third-order valence-electron chi connectivity index (χ3n) is 5.85. The Kier molecular flexibility index (Phi) is 6.25. The van der Waals surface area contributed by atoms with E-state index in [1.165, 1.54) is 0 Å². The van der Waals surface area contributed by atoms with Gasteiger partial charge in [0.25, 0.3) is 5.91 Å². The van der Waals surface area contributed by atoms with Gasteiger partial charge in [-0.15, -0.1) is 0 Å². The number of anilines is 2. The van der Waals surface area contributed by atoms with Crippen LogP contribution in [0, 0.1) is 0 Å². The summed E-state index contributed by atoms with van der Waals surface area (Å²) in [6, 6.07) is 22.3. The van der Waals surface area contributed by atoms with Crippen LogP contribution in [0.15, 0.2) is 93.5 Å². The van der Waals surface area contributed by atoms with E-state index in [1.54, 1.807) is 6.07 Å². The average molecular weight is 486 g/mol. The second-order valence-corrected chi connectivity index (χ2v) is 8.55. The highest BCUT2D eigenvalue weighted by Crippen LogP contribution is 2.35. The molecule has 7 nitrogen and oxygen atoms in total. The first-order valence-corrected chi connectivity index (χ1v) is 11.7. The fourth-order valence-electron chi connectivity index (χ4n) is 4.12. The van der Waals surface area contributed by atoms with E-state index in [1.807, 2.05) is 73.7 Å². The maximum Gasteiger partial charge on any atom is 0.302 e. The van der Waals surface area contributed by atoms with Crippen molar-refractivity contribution in [3.63, 3.8) is 0 Å². The summed E-state index contributed by atoms with van der Waals surface area (Å²) < 4.78 is 5.79. The van der Waals surface area contributed by atoms with Crippen molar-refractivity contribution in [3.05, 3.63) is 100 Å². The minimum absolute atomic E-state index is 0.245. The lowest BCUT2D eigenvalue weighted by Crippen LogP contribution is -2.37. The summed E-state index contributed by atoms with van der Waals surface area (Å²) in [7, 11) is 0. The van der Waals surface area contributed by atoms with Crippen LogP contribution < -0.4 is 16.0 Å². The van der Waals surface area contributed by atoms with Crippen LogP contribution >= 0.6 is 11.6 Å². The van der Waals surface area contributed by atoms with Gasteiger partial charge in [-0.2, -0.15) is 4.98 Å². The third kappa shape index (κ3) is 4.63. The van der Waals surface area contributed by atoms with E-state index < -0.39 is 6.04 Å². The number of oxazole rings is 1. The lowest BCUT2D eigenvalue weighted by atomic mass is 9.95. The van der Waals surface area contributed by atoms with Crippen molar-refractivity contribution in [2.45, 2.75) is 26.3 Å². The number of nitrogens with one attached hydrogen (secondary N) is 3. The van der Waals surface area contributed by atoms with Gasteiger partial charge >= 0.3 is 6.01 Å². The number of guanidine groups is 1. The summed E-state index contributed by atoms with van der Waals surface area (Å²) in [6.07, 6.45) is 0.803. The number of benzene rings is 3. The molecule has 176 valence electrons. The lowest BCUT2D eigenvalue weighted by molar-refractivity contribution is -0.113. The van der Waals surface area contributed by atoms with Gasteiger partial charge in [-0.1, -0.05) is 67.1 Å². The highest BCUT2D eigenvalue weighted by molar-refractivity contribution is 6.31. The molecule has 1 unspecified atom stereocenters. The average Bonchev–Trinajstić information content (AvgIpc) is 3.26. The summed E-state index contributed by atoms with van der Waals surface area (Å²) in [5, 5.41) is 9.87. The summed E-state index contributed by atoms with van der Waals surface area (Å²) in [5.74, 6) is 0.162. The topological polar surface area (TPSA) is 91.6 Å². The molecule has 1 aliphatic rings. The van der Waals surface area contributed by atoms with Gasteiger partial charge in [-0.05, 0) is 43.2 Å². The predicted molar refractivity (Wildman–Crippen MR) is 140 cm³/mol. The number of carbonyl (C=O) groups excluding carboxylic acids is 1. The number of hydrogen-bond acceptors (Lipinski definition) is 6. The molecule has 0 radical (unpaired) electrons. The van der Waals surface area contributed by atoms with Gasteiger partial charge in [-0.25, -0.2) is 4.99 Å². The minimum atomic E-state index is -0.634. The normalized spacial score (nSPS) is 15.5. The third-order valence-corrected chi connectivity index (χ3v) is 6.20. The van der Waals surface area contributed by atoms with Gasteiger partial charge < -0.3 is 15.1 Å². The SMILES string of the molecule is CCc1ccccc1NC(=O)C1=C(C)NC(Nc2nc3ccccc3o2)=NC1c1ccccc1Cl. The summed E-state index contributed by atoms with van der Waals surface area (Å²) in [6.45, 7) is 3.89. The quantitative estimate of drug-likeness (QED) is 0.319. The molecule has 8 heteroatoms. The van der Waals surface area contributed by atoms with Crippen molar-refractivity contribution in [3.8, 4) is 0 Å². The van der Waals surface area contributed by atoms with Gasteiger partial charge in [-0.3, -0.25) is 10.1 Å². The Balaban J connectivity index is 1.50. The molecule has 0 spiro atoms. The van der Waals surface area contributed by atoms with Crippen molar-refractivity contribution in [1.29, 1.82) is 0 Å². The Hall–Kier alpha value is -4.10. The molecule has 4 aromatic rings. The van der Waals surface area contributed by atoms with Gasteiger partial charge in [0.05, 0.1) is 5.57 Å². The Bertz CT molecular complexity index is 1440. The Labute approximate surface area is 207 Å². The molecule has 0 aliphatic carbocycles. The van der Waals surface area contributed by atoms with Crippen LogP contribution in [-0.4, -0.2) is 16.9 Å². The molecule has 2 heterocycles. The maximum atomic E-state index is 13.6. The Morgan fingerprint density at radius 3 is 2.60 bits per heavy atom.